The number of H-pyrrole nitrogens is 1. The van der Waals surface area contributed by atoms with Crippen LogP contribution in [-0.4, -0.2) is 50.2 Å². The topological polar surface area (TPSA) is 94.1 Å². The van der Waals surface area contributed by atoms with Gasteiger partial charge in [-0.3, -0.25) is 9.89 Å². The zero-order chi connectivity index (χ0) is 23.7. The molecule has 1 saturated heterocycles. The first kappa shape index (κ1) is 23.0. The highest BCUT2D eigenvalue weighted by Gasteiger charge is 2.30. The molecule has 1 aliphatic heterocycles. The summed E-state index contributed by atoms with van der Waals surface area (Å²) in [5.41, 5.74) is 4.69. The molecule has 2 aliphatic rings. The van der Waals surface area contributed by atoms with Gasteiger partial charge in [0, 0.05) is 42.4 Å². The van der Waals surface area contributed by atoms with Crippen molar-refractivity contribution in [2.24, 2.45) is 0 Å². The van der Waals surface area contributed by atoms with Crippen molar-refractivity contribution < 1.29 is 9.90 Å². The van der Waals surface area contributed by atoms with Gasteiger partial charge < -0.3 is 15.3 Å². The number of aromatic nitrogens is 3. The van der Waals surface area contributed by atoms with Crippen LogP contribution >= 0.6 is 11.6 Å². The molecule has 3 atom stereocenters. The number of aromatic amines is 1. The number of nitrogens with zero attached hydrogens (tertiary/aromatic N) is 3. The summed E-state index contributed by atoms with van der Waals surface area (Å²) in [5.74, 6) is 0.591. The van der Waals surface area contributed by atoms with E-state index in [1.165, 1.54) is 18.4 Å². The van der Waals surface area contributed by atoms with Crippen LogP contribution in [0.4, 0.5) is 0 Å². The Morgan fingerprint density at radius 2 is 1.97 bits per heavy atom. The van der Waals surface area contributed by atoms with Crippen molar-refractivity contribution in [3.8, 4) is 0 Å². The van der Waals surface area contributed by atoms with Crippen LogP contribution in [0, 0.1) is 0 Å². The molecule has 2 fully saturated rings. The van der Waals surface area contributed by atoms with Gasteiger partial charge >= 0.3 is 0 Å². The molecule has 5 rings (SSSR count). The first-order chi connectivity index (χ1) is 16.5. The van der Waals surface area contributed by atoms with Gasteiger partial charge in [0.15, 0.2) is 0 Å². The Morgan fingerprint density at radius 1 is 1.18 bits per heavy atom. The number of hydrogen-bond acceptors (Lipinski definition) is 5. The largest absolute Gasteiger partial charge is 0.387 e. The molecule has 0 radical (unpaired) electrons. The first-order valence-corrected chi connectivity index (χ1v) is 12.3. The van der Waals surface area contributed by atoms with Gasteiger partial charge in [0.1, 0.15) is 5.15 Å². The fraction of sp³-hybridized carbons (Fsp3) is 0.423. The second-order valence-corrected chi connectivity index (χ2v) is 9.95. The van der Waals surface area contributed by atoms with Crippen LogP contribution < -0.4 is 5.32 Å². The molecule has 0 bridgehead atoms. The number of amides is 1. The third-order valence-corrected chi connectivity index (χ3v) is 7.06. The molecule has 3 aromatic rings. The maximum Gasteiger partial charge on any atom is 0.253 e. The van der Waals surface area contributed by atoms with Gasteiger partial charge in [0.05, 0.1) is 24.0 Å². The minimum atomic E-state index is -0.611. The van der Waals surface area contributed by atoms with E-state index in [0.717, 1.165) is 36.2 Å². The molecule has 3 heterocycles. The van der Waals surface area contributed by atoms with Crippen LogP contribution in [0.2, 0.25) is 5.15 Å². The monoisotopic (exact) mass is 479 g/mol. The van der Waals surface area contributed by atoms with Crippen molar-refractivity contribution in [3.63, 3.8) is 0 Å². The lowest BCUT2D eigenvalue weighted by molar-refractivity contribution is 0.0783. The van der Waals surface area contributed by atoms with E-state index in [1.807, 2.05) is 37.4 Å². The second-order valence-electron chi connectivity index (χ2n) is 9.56. The van der Waals surface area contributed by atoms with E-state index in [0.29, 0.717) is 23.2 Å². The van der Waals surface area contributed by atoms with E-state index in [2.05, 4.69) is 26.6 Å². The number of carbonyl (C=O) groups is 1. The highest BCUT2D eigenvalue weighted by molar-refractivity contribution is 6.29. The van der Waals surface area contributed by atoms with Crippen molar-refractivity contribution in [2.45, 2.75) is 62.8 Å². The van der Waals surface area contributed by atoms with E-state index in [-0.39, 0.29) is 18.0 Å². The average molecular weight is 480 g/mol. The van der Waals surface area contributed by atoms with Gasteiger partial charge in [0.25, 0.3) is 5.91 Å². The summed E-state index contributed by atoms with van der Waals surface area (Å²) in [5, 5.41) is 22.1. The van der Waals surface area contributed by atoms with Crippen LogP contribution in [0.5, 0.6) is 0 Å². The lowest BCUT2D eigenvalue weighted by Crippen LogP contribution is -2.35. The minimum absolute atomic E-state index is 0.00660. The number of carbonyl (C=O) groups excluding carboxylic acids is 1. The predicted molar refractivity (Wildman–Crippen MR) is 131 cm³/mol. The van der Waals surface area contributed by atoms with Crippen LogP contribution in [0.3, 0.4) is 0 Å². The number of aliphatic hydroxyl groups excluding tert-OH is 1. The molecule has 1 amide bonds. The van der Waals surface area contributed by atoms with E-state index in [4.69, 9.17) is 11.6 Å². The molecule has 178 valence electrons. The maximum atomic E-state index is 12.9. The number of rotatable bonds is 8. The molecule has 0 spiro atoms. The van der Waals surface area contributed by atoms with Crippen LogP contribution in [0.1, 0.15) is 70.6 Å². The molecule has 8 heteroatoms. The summed E-state index contributed by atoms with van der Waals surface area (Å²) in [7, 11) is 1.82. The molecule has 1 aromatic carbocycles. The smallest absolute Gasteiger partial charge is 0.253 e. The number of aliphatic hydroxyl groups is 1. The molecule has 2 aromatic heterocycles. The Hall–Kier alpha value is -2.74. The van der Waals surface area contributed by atoms with Crippen molar-refractivity contribution >= 4 is 17.5 Å². The van der Waals surface area contributed by atoms with Gasteiger partial charge in [-0.05, 0) is 61.9 Å². The predicted octanol–water partition coefficient (Wildman–Crippen LogP) is 4.00. The van der Waals surface area contributed by atoms with Crippen molar-refractivity contribution in [1.29, 1.82) is 0 Å². The van der Waals surface area contributed by atoms with E-state index in [1.54, 1.807) is 17.2 Å². The highest BCUT2D eigenvalue weighted by Crippen LogP contribution is 2.39. The van der Waals surface area contributed by atoms with E-state index >= 15 is 0 Å². The quantitative estimate of drug-likeness (QED) is 0.424. The van der Waals surface area contributed by atoms with Gasteiger partial charge in [-0.15, -0.1) is 0 Å². The summed E-state index contributed by atoms with van der Waals surface area (Å²) in [6, 6.07) is 13.7. The zero-order valence-electron chi connectivity index (χ0n) is 19.2. The lowest BCUT2D eigenvalue weighted by atomic mass is 10.0. The molecule has 1 saturated carbocycles. The molecular weight excluding hydrogens is 450 g/mol. The summed E-state index contributed by atoms with van der Waals surface area (Å²) < 4.78 is 0. The summed E-state index contributed by atoms with van der Waals surface area (Å²) in [4.78, 5) is 18.7. The summed E-state index contributed by atoms with van der Waals surface area (Å²) >= 11 is 5.85. The molecule has 7 nitrogen and oxygen atoms in total. The van der Waals surface area contributed by atoms with Crippen LogP contribution in [0.25, 0.3) is 0 Å². The van der Waals surface area contributed by atoms with E-state index in [9.17, 15) is 9.90 Å². The molecule has 34 heavy (non-hydrogen) atoms. The van der Waals surface area contributed by atoms with Gasteiger partial charge in [-0.25, -0.2) is 4.98 Å². The first-order valence-electron chi connectivity index (χ1n) is 11.9. The minimum Gasteiger partial charge on any atom is -0.387 e. The number of hydrogen-bond donors (Lipinski definition) is 3. The van der Waals surface area contributed by atoms with Crippen molar-refractivity contribution in [3.05, 3.63) is 81.9 Å². The fourth-order valence-electron chi connectivity index (χ4n) is 4.72. The van der Waals surface area contributed by atoms with Crippen molar-refractivity contribution in [1.82, 2.24) is 25.4 Å². The fourth-order valence-corrected chi connectivity index (χ4v) is 4.83. The Labute approximate surface area is 204 Å². The van der Waals surface area contributed by atoms with Gasteiger partial charge in [-0.1, -0.05) is 29.8 Å². The maximum absolute atomic E-state index is 12.9. The SMILES string of the molecule is CN(Cc1cc(C2CC2)n[nH]1)C(=O)c1ccc(CC2CCC(C(O)c3ccc(Cl)nc3)N2)cc1. The normalized spacial score (nSPS) is 20.9. The Morgan fingerprint density at radius 3 is 2.68 bits per heavy atom. The second kappa shape index (κ2) is 9.86. The van der Waals surface area contributed by atoms with Crippen LogP contribution in [0.15, 0.2) is 48.7 Å². The average Bonchev–Trinajstić information content (AvgIpc) is 3.42. The number of halogens is 1. The highest BCUT2D eigenvalue weighted by atomic mass is 35.5. The van der Waals surface area contributed by atoms with Gasteiger partial charge in [0.2, 0.25) is 0 Å². The Balaban J connectivity index is 1.13. The zero-order valence-corrected chi connectivity index (χ0v) is 20.0. The number of nitrogens with one attached hydrogen (secondary N) is 2. The van der Waals surface area contributed by atoms with Crippen molar-refractivity contribution in [2.75, 3.05) is 7.05 Å². The van der Waals surface area contributed by atoms with Gasteiger partial charge in [-0.2, -0.15) is 5.10 Å². The molecule has 3 N–H and O–H groups in total. The Bertz CT molecular complexity index is 1130. The third kappa shape index (κ3) is 5.32. The van der Waals surface area contributed by atoms with Crippen LogP contribution in [-0.2, 0) is 13.0 Å². The molecule has 1 aliphatic carbocycles. The Kier molecular flexibility index (Phi) is 6.68. The third-order valence-electron chi connectivity index (χ3n) is 6.83. The number of benzene rings is 1. The standard InChI is InChI=1S/C26H30ClN5O2/c1-32(15-21-13-23(31-30-21)17-6-7-17)26(34)18-4-2-16(3-5-18)12-20-9-10-22(29-20)25(33)19-8-11-24(27)28-14-19/h2-5,8,11,13-14,17,20,22,25,29,33H,6-7,9-10,12,15H2,1H3,(H,30,31). The summed E-state index contributed by atoms with van der Waals surface area (Å²) in [6.45, 7) is 0.513. The lowest BCUT2D eigenvalue weighted by Gasteiger charge is -2.20. The molecule has 3 unspecified atom stereocenters. The summed E-state index contributed by atoms with van der Waals surface area (Å²) in [6.07, 6.45) is 6.18. The van der Waals surface area contributed by atoms with E-state index < -0.39 is 6.10 Å². The number of pyridine rings is 1. The molecular formula is C26H30ClN5O2.